The van der Waals surface area contributed by atoms with E-state index in [4.69, 9.17) is 14.5 Å². The number of ether oxygens (including phenoxy) is 2. The highest BCUT2D eigenvalue weighted by molar-refractivity contribution is 5.88. The number of hydrogen-bond acceptors (Lipinski definition) is 7. The number of anilines is 3. The lowest BCUT2D eigenvalue weighted by Crippen LogP contribution is -2.30. The zero-order valence-corrected chi connectivity index (χ0v) is 15.9. The predicted octanol–water partition coefficient (Wildman–Crippen LogP) is 3.11. The summed E-state index contributed by atoms with van der Waals surface area (Å²) in [6.07, 6.45) is 5.49. The molecule has 2 aromatic heterocycles. The number of rotatable bonds is 5. The van der Waals surface area contributed by atoms with Gasteiger partial charge in [0.25, 0.3) is 0 Å². The molecular weight excluding hydrogens is 344 g/mol. The van der Waals surface area contributed by atoms with Crippen LogP contribution >= 0.6 is 0 Å². The van der Waals surface area contributed by atoms with Crippen LogP contribution in [0.1, 0.15) is 19.3 Å². The van der Waals surface area contributed by atoms with E-state index in [9.17, 15) is 0 Å². The number of piperidine rings is 1. The van der Waals surface area contributed by atoms with Crippen LogP contribution < -0.4 is 19.7 Å². The van der Waals surface area contributed by atoms with E-state index in [1.807, 2.05) is 31.4 Å². The van der Waals surface area contributed by atoms with Crippen LogP contribution in [-0.2, 0) is 7.05 Å². The van der Waals surface area contributed by atoms with Crippen LogP contribution in [0.15, 0.2) is 24.4 Å². The van der Waals surface area contributed by atoms with Gasteiger partial charge in [0.05, 0.1) is 25.8 Å². The summed E-state index contributed by atoms with van der Waals surface area (Å²) in [7, 11) is 5.14. The molecule has 0 radical (unpaired) electrons. The van der Waals surface area contributed by atoms with E-state index in [2.05, 4.69) is 20.3 Å². The Morgan fingerprint density at radius 1 is 1.00 bits per heavy atom. The molecule has 1 aliphatic rings. The largest absolute Gasteiger partial charge is 0.493 e. The van der Waals surface area contributed by atoms with Crippen LogP contribution in [0, 0.1) is 0 Å². The first-order valence-corrected chi connectivity index (χ1v) is 9.13. The first-order valence-electron chi connectivity index (χ1n) is 9.13. The second-order valence-corrected chi connectivity index (χ2v) is 6.62. The zero-order chi connectivity index (χ0) is 18.8. The van der Waals surface area contributed by atoms with Crippen molar-refractivity contribution in [1.82, 2.24) is 19.7 Å². The van der Waals surface area contributed by atoms with E-state index < -0.39 is 0 Å². The first-order chi connectivity index (χ1) is 13.2. The molecule has 0 spiro atoms. The Balaban J connectivity index is 1.72. The summed E-state index contributed by atoms with van der Waals surface area (Å²) in [5, 5.41) is 8.65. The van der Waals surface area contributed by atoms with Crippen LogP contribution in [0.2, 0.25) is 0 Å². The molecule has 1 fully saturated rings. The van der Waals surface area contributed by atoms with Crippen molar-refractivity contribution >= 4 is 28.5 Å². The number of nitrogens with one attached hydrogen (secondary N) is 1. The highest BCUT2D eigenvalue weighted by Gasteiger charge is 2.19. The molecule has 27 heavy (non-hydrogen) atoms. The monoisotopic (exact) mass is 368 g/mol. The van der Waals surface area contributed by atoms with Crippen LogP contribution in [0.4, 0.5) is 17.5 Å². The fourth-order valence-corrected chi connectivity index (χ4v) is 3.45. The van der Waals surface area contributed by atoms with Gasteiger partial charge in [0.2, 0.25) is 5.95 Å². The van der Waals surface area contributed by atoms with Crippen molar-refractivity contribution in [2.75, 3.05) is 37.5 Å². The van der Waals surface area contributed by atoms with Gasteiger partial charge in [-0.1, -0.05) is 0 Å². The van der Waals surface area contributed by atoms with Crippen molar-refractivity contribution in [3.63, 3.8) is 0 Å². The topological polar surface area (TPSA) is 77.3 Å². The maximum Gasteiger partial charge on any atom is 0.231 e. The lowest BCUT2D eigenvalue weighted by molar-refractivity contribution is 0.355. The van der Waals surface area contributed by atoms with Gasteiger partial charge in [0.15, 0.2) is 17.1 Å². The summed E-state index contributed by atoms with van der Waals surface area (Å²) in [5.41, 5.74) is 1.65. The summed E-state index contributed by atoms with van der Waals surface area (Å²) in [5.74, 6) is 2.81. The lowest BCUT2D eigenvalue weighted by atomic mass is 10.1. The maximum atomic E-state index is 5.38. The molecule has 1 aliphatic heterocycles. The Labute approximate surface area is 158 Å². The molecule has 0 unspecified atom stereocenters. The fraction of sp³-hybridized carbons (Fsp3) is 0.421. The van der Waals surface area contributed by atoms with Crippen LogP contribution in [-0.4, -0.2) is 47.1 Å². The smallest absolute Gasteiger partial charge is 0.231 e. The molecule has 0 aliphatic carbocycles. The van der Waals surface area contributed by atoms with Gasteiger partial charge in [-0.3, -0.25) is 4.68 Å². The molecule has 3 aromatic rings. The summed E-state index contributed by atoms with van der Waals surface area (Å²) < 4.78 is 12.5. The van der Waals surface area contributed by atoms with Crippen molar-refractivity contribution in [2.24, 2.45) is 7.05 Å². The number of benzene rings is 1. The second-order valence-electron chi connectivity index (χ2n) is 6.62. The number of hydrogen-bond donors (Lipinski definition) is 1. The Morgan fingerprint density at radius 2 is 1.78 bits per heavy atom. The van der Waals surface area contributed by atoms with Crippen molar-refractivity contribution in [3.8, 4) is 11.5 Å². The van der Waals surface area contributed by atoms with Gasteiger partial charge in [0.1, 0.15) is 5.82 Å². The van der Waals surface area contributed by atoms with E-state index in [-0.39, 0.29) is 0 Å². The summed E-state index contributed by atoms with van der Waals surface area (Å²) in [4.78, 5) is 11.8. The molecule has 0 atom stereocenters. The lowest BCUT2D eigenvalue weighted by Gasteiger charge is -2.28. The molecule has 1 aromatic carbocycles. The normalized spacial score (nSPS) is 14.4. The maximum absolute atomic E-state index is 5.38. The van der Waals surface area contributed by atoms with Gasteiger partial charge in [-0.05, 0) is 31.4 Å². The van der Waals surface area contributed by atoms with Crippen molar-refractivity contribution in [2.45, 2.75) is 19.3 Å². The fourth-order valence-electron chi connectivity index (χ4n) is 3.45. The Hall–Kier alpha value is -3.03. The number of aromatic nitrogens is 4. The summed E-state index contributed by atoms with van der Waals surface area (Å²) >= 11 is 0. The predicted molar refractivity (Wildman–Crippen MR) is 105 cm³/mol. The SMILES string of the molecule is COc1ccc(Nc2nc(N3CCCCC3)c3cnn(C)c3n2)cc1OC. The molecule has 1 N–H and O–H groups in total. The van der Waals surface area contributed by atoms with Crippen molar-refractivity contribution in [3.05, 3.63) is 24.4 Å². The van der Waals surface area contributed by atoms with E-state index in [1.165, 1.54) is 19.3 Å². The highest BCUT2D eigenvalue weighted by Crippen LogP contribution is 2.32. The number of methoxy groups -OCH3 is 2. The molecule has 8 heteroatoms. The third kappa shape index (κ3) is 3.34. The Bertz CT molecular complexity index is 949. The Morgan fingerprint density at radius 3 is 2.52 bits per heavy atom. The van der Waals surface area contributed by atoms with Crippen LogP contribution in [0.25, 0.3) is 11.0 Å². The zero-order valence-electron chi connectivity index (χ0n) is 15.9. The van der Waals surface area contributed by atoms with Crippen molar-refractivity contribution in [1.29, 1.82) is 0 Å². The molecule has 4 rings (SSSR count). The standard InChI is InChI=1S/C19H24N6O2/c1-24-17-14(12-20-24)18(25-9-5-4-6-10-25)23-19(22-17)21-13-7-8-15(26-2)16(11-13)27-3/h7-8,11-12H,4-6,9-10H2,1-3H3,(H,21,22,23). The van der Waals surface area contributed by atoms with Gasteiger partial charge in [-0.2, -0.15) is 15.1 Å². The number of fused-ring (bicyclic) bond motifs is 1. The van der Waals surface area contributed by atoms with Crippen molar-refractivity contribution < 1.29 is 9.47 Å². The summed E-state index contributed by atoms with van der Waals surface area (Å²) in [6, 6.07) is 5.64. The quantitative estimate of drug-likeness (QED) is 0.741. The average molecular weight is 368 g/mol. The third-order valence-corrected chi connectivity index (χ3v) is 4.87. The molecule has 0 bridgehead atoms. The van der Waals surface area contributed by atoms with E-state index in [0.717, 1.165) is 35.6 Å². The molecule has 142 valence electrons. The van der Waals surface area contributed by atoms with Gasteiger partial charge >= 0.3 is 0 Å². The minimum absolute atomic E-state index is 0.541. The second kappa shape index (κ2) is 7.30. The molecular formula is C19H24N6O2. The molecule has 8 nitrogen and oxygen atoms in total. The number of nitrogens with zero attached hydrogens (tertiary/aromatic N) is 5. The molecule has 0 amide bonds. The van der Waals surface area contributed by atoms with Gasteiger partial charge in [-0.15, -0.1) is 0 Å². The Kier molecular flexibility index (Phi) is 4.70. The van der Waals surface area contributed by atoms with E-state index in [0.29, 0.717) is 17.4 Å². The minimum Gasteiger partial charge on any atom is -0.493 e. The van der Waals surface area contributed by atoms with Crippen LogP contribution in [0.3, 0.4) is 0 Å². The molecule has 3 heterocycles. The molecule has 1 saturated heterocycles. The minimum atomic E-state index is 0.541. The van der Waals surface area contributed by atoms with Gasteiger partial charge < -0.3 is 19.7 Å². The van der Waals surface area contributed by atoms with E-state index in [1.54, 1.807) is 18.9 Å². The average Bonchev–Trinajstić information content (AvgIpc) is 3.09. The van der Waals surface area contributed by atoms with Gasteiger partial charge in [-0.25, -0.2) is 0 Å². The first kappa shape index (κ1) is 17.4. The molecule has 0 saturated carbocycles. The summed E-state index contributed by atoms with van der Waals surface area (Å²) in [6.45, 7) is 2.02. The van der Waals surface area contributed by atoms with Crippen LogP contribution in [0.5, 0.6) is 11.5 Å². The van der Waals surface area contributed by atoms with E-state index >= 15 is 0 Å². The van der Waals surface area contributed by atoms with Gasteiger partial charge in [0, 0.05) is 31.9 Å². The highest BCUT2D eigenvalue weighted by atomic mass is 16.5. The number of aryl methyl sites for hydroxylation is 1. The third-order valence-electron chi connectivity index (χ3n) is 4.87.